The van der Waals surface area contributed by atoms with Gasteiger partial charge in [-0.05, 0) is 81.1 Å². The number of rotatable bonds is 7. The number of carbonyl (C=O) groups excluding carboxylic acids is 2. The minimum atomic E-state index is -0.379. The van der Waals surface area contributed by atoms with Crippen molar-refractivity contribution in [1.82, 2.24) is 5.43 Å². The van der Waals surface area contributed by atoms with Gasteiger partial charge in [-0.3, -0.25) is 9.59 Å². The van der Waals surface area contributed by atoms with E-state index in [0.717, 1.165) is 18.3 Å². The first kappa shape index (κ1) is 23.2. The maximum absolute atomic E-state index is 12.4. The monoisotopic (exact) mass is 639 g/mol. The quantitative estimate of drug-likeness (QED) is 0.212. The van der Waals surface area contributed by atoms with Gasteiger partial charge in [-0.25, -0.2) is 5.43 Å². The molecule has 0 unspecified atom stereocenters. The second kappa shape index (κ2) is 11.2. The number of hydrazone groups is 1. The normalized spacial score (nSPS) is 10.7. The number of anilines is 1. The highest BCUT2D eigenvalue weighted by Gasteiger charge is 2.10. The fourth-order valence-electron chi connectivity index (χ4n) is 2.72. The minimum absolute atomic E-state index is 0.202. The Labute approximate surface area is 207 Å². The van der Waals surface area contributed by atoms with E-state index in [2.05, 4.69) is 61.0 Å². The molecule has 0 aliphatic rings. The third kappa shape index (κ3) is 7.03. The lowest BCUT2D eigenvalue weighted by Gasteiger charge is -2.12. The Hall–Kier alpha value is -2.47. The number of hydrogen-bond acceptors (Lipinski definition) is 4. The smallest absolute Gasteiger partial charge is 0.271 e. The average Bonchev–Trinajstić information content (AvgIpc) is 2.73. The van der Waals surface area contributed by atoms with Crippen LogP contribution in [-0.4, -0.2) is 18.0 Å². The summed E-state index contributed by atoms with van der Waals surface area (Å²) in [6, 6.07) is 20.5. The van der Waals surface area contributed by atoms with E-state index in [4.69, 9.17) is 4.74 Å². The van der Waals surface area contributed by atoms with Crippen molar-refractivity contribution < 1.29 is 14.3 Å². The van der Waals surface area contributed by atoms with Gasteiger partial charge in [-0.1, -0.05) is 36.4 Å². The fourth-order valence-corrected chi connectivity index (χ4v) is 4.77. The molecule has 31 heavy (non-hydrogen) atoms. The third-order valence-corrected chi connectivity index (χ3v) is 5.50. The Balaban J connectivity index is 1.72. The summed E-state index contributed by atoms with van der Waals surface area (Å²) in [6.07, 6.45) is 1.57. The molecule has 0 aliphatic heterocycles. The zero-order valence-corrected chi connectivity index (χ0v) is 20.9. The van der Waals surface area contributed by atoms with Crippen molar-refractivity contribution in [2.24, 2.45) is 5.10 Å². The molecular formula is C23H19I2N3O3. The van der Waals surface area contributed by atoms with E-state index in [0.29, 0.717) is 23.6 Å². The van der Waals surface area contributed by atoms with Crippen molar-refractivity contribution in [2.75, 3.05) is 5.32 Å². The molecule has 8 heteroatoms. The number of nitrogens with one attached hydrogen (secondary N) is 2. The van der Waals surface area contributed by atoms with Gasteiger partial charge in [0.1, 0.15) is 12.4 Å². The van der Waals surface area contributed by atoms with Gasteiger partial charge in [-0.2, -0.15) is 5.10 Å². The van der Waals surface area contributed by atoms with Gasteiger partial charge in [0.25, 0.3) is 5.91 Å². The molecule has 0 aliphatic carbocycles. The van der Waals surface area contributed by atoms with Crippen LogP contribution in [0, 0.1) is 7.14 Å². The lowest BCUT2D eigenvalue weighted by molar-refractivity contribution is -0.114. The summed E-state index contributed by atoms with van der Waals surface area (Å²) < 4.78 is 8.04. The molecule has 0 spiro atoms. The van der Waals surface area contributed by atoms with Crippen LogP contribution in [0.2, 0.25) is 0 Å². The van der Waals surface area contributed by atoms with Crippen molar-refractivity contribution in [3.05, 3.63) is 90.6 Å². The summed E-state index contributed by atoms with van der Waals surface area (Å²) in [5.74, 6) is 0.123. The molecule has 3 aromatic rings. The third-order valence-electron chi connectivity index (χ3n) is 4.08. The maximum atomic E-state index is 12.4. The zero-order valence-electron chi connectivity index (χ0n) is 16.6. The van der Waals surface area contributed by atoms with Crippen molar-refractivity contribution >= 4 is 68.9 Å². The Morgan fingerprint density at radius 3 is 2.55 bits per heavy atom. The van der Waals surface area contributed by atoms with Crippen LogP contribution in [0.15, 0.2) is 71.8 Å². The Kier molecular flexibility index (Phi) is 8.41. The fraction of sp³-hybridized carbons (Fsp3) is 0.0870. The molecule has 0 radical (unpaired) electrons. The van der Waals surface area contributed by atoms with Crippen LogP contribution in [0.5, 0.6) is 5.75 Å². The van der Waals surface area contributed by atoms with E-state index in [1.807, 2.05) is 42.5 Å². The molecule has 2 amide bonds. The average molecular weight is 639 g/mol. The number of nitrogens with zero attached hydrogens (tertiary/aromatic N) is 1. The molecule has 3 rings (SSSR count). The molecule has 158 valence electrons. The SMILES string of the molecule is CC(=O)Nc1cccc(C(=O)N/N=C\c2cc(I)cc(I)c2OCc2ccccc2)c1. The Morgan fingerprint density at radius 1 is 1.03 bits per heavy atom. The largest absolute Gasteiger partial charge is 0.487 e. The van der Waals surface area contributed by atoms with E-state index < -0.39 is 0 Å². The first-order valence-corrected chi connectivity index (χ1v) is 11.4. The molecule has 0 saturated carbocycles. The van der Waals surface area contributed by atoms with E-state index in [-0.39, 0.29) is 11.8 Å². The number of halogens is 2. The number of benzene rings is 3. The molecule has 2 N–H and O–H groups in total. The highest BCUT2D eigenvalue weighted by atomic mass is 127. The predicted molar refractivity (Wildman–Crippen MR) is 138 cm³/mol. The van der Waals surface area contributed by atoms with E-state index in [1.165, 1.54) is 6.92 Å². The van der Waals surface area contributed by atoms with Gasteiger partial charge < -0.3 is 10.1 Å². The van der Waals surface area contributed by atoms with Crippen LogP contribution in [0.1, 0.15) is 28.4 Å². The lowest BCUT2D eigenvalue weighted by atomic mass is 10.2. The molecule has 3 aromatic carbocycles. The second-order valence-electron chi connectivity index (χ2n) is 6.54. The van der Waals surface area contributed by atoms with Crippen molar-refractivity contribution in [3.63, 3.8) is 0 Å². The summed E-state index contributed by atoms with van der Waals surface area (Å²) >= 11 is 4.46. The first-order chi connectivity index (χ1) is 14.9. The number of ether oxygens (including phenoxy) is 1. The van der Waals surface area contributed by atoms with Crippen LogP contribution in [0.3, 0.4) is 0 Å². The summed E-state index contributed by atoms with van der Waals surface area (Å²) in [5.41, 5.74) is 5.29. The van der Waals surface area contributed by atoms with Gasteiger partial charge in [0.15, 0.2) is 0 Å². The van der Waals surface area contributed by atoms with Gasteiger partial charge >= 0.3 is 0 Å². The number of hydrogen-bond donors (Lipinski definition) is 2. The predicted octanol–water partition coefficient (Wildman–Crippen LogP) is 5.20. The maximum Gasteiger partial charge on any atom is 0.271 e. The topological polar surface area (TPSA) is 79.8 Å². The molecule has 0 heterocycles. The van der Waals surface area contributed by atoms with Crippen LogP contribution >= 0.6 is 45.2 Å². The van der Waals surface area contributed by atoms with E-state index >= 15 is 0 Å². The van der Waals surface area contributed by atoms with Gasteiger partial charge in [0.05, 0.1) is 9.78 Å². The first-order valence-electron chi connectivity index (χ1n) is 9.29. The highest BCUT2D eigenvalue weighted by Crippen LogP contribution is 2.28. The van der Waals surface area contributed by atoms with Crippen molar-refractivity contribution in [2.45, 2.75) is 13.5 Å². The second-order valence-corrected chi connectivity index (χ2v) is 8.95. The molecule has 0 aromatic heterocycles. The Bertz CT molecular complexity index is 1120. The van der Waals surface area contributed by atoms with Gasteiger partial charge in [0.2, 0.25) is 5.91 Å². The molecule has 0 bridgehead atoms. The Morgan fingerprint density at radius 2 is 1.81 bits per heavy atom. The van der Waals surface area contributed by atoms with Gasteiger partial charge in [-0.15, -0.1) is 0 Å². The van der Waals surface area contributed by atoms with Crippen molar-refractivity contribution in [1.29, 1.82) is 0 Å². The van der Waals surface area contributed by atoms with E-state index in [9.17, 15) is 9.59 Å². The molecule has 0 fully saturated rings. The number of amides is 2. The summed E-state index contributed by atoms with van der Waals surface area (Å²) in [4.78, 5) is 23.6. The van der Waals surface area contributed by atoms with Crippen LogP contribution < -0.4 is 15.5 Å². The molecule has 6 nitrogen and oxygen atoms in total. The van der Waals surface area contributed by atoms with Gasteiger partial charge in [0, 0.05) is 27.3 Å². The molecule has 0 atom stereocenters. The van der Waals surface area contributed by atoms with E-state index in [1.54, 1.807) is 30.5 Å². The highest BCUT2D eigenvalue weighted by molar-refractivity contribution is 14.1. The summed E-state index contributed by atoms with van der Waals surface area (Å²) in [5, 5.41) is 6.76. The minimum Gasteiger partial charge on any atom is -0.487 e. The van der Waals surface area contributed by atoms with Crippen LogP contribution in [0.4, 0.5) is 5.69 Å². The molecule has 0 saturated heterocycles. The number of carbonyl (C=O) groups is 2. The zero-order chi connectivity index (χ0) is 22.2. The standard InChI is InChI=1S/C23H19I2N3O3/c1-15(29)27-20-9-5-8-17(11-20)23(30)28-26-13-18-10-19(24)12-21(25)22(18)31-14-16-6-3-2-4-7-16/h2-13H,14H2,1H3,(H,27,29)(H,28,30)/b26-13-. The summed E-state index contributed by atoms with van der Waals surface area (Å²) in [7, 11) is 0. The van der Waals surface area contributed by atoms with Crippen LogP contribution in [0.25, 0.3) is 0 Å². The molecular weight excluding hydrogens is 620 g/mol. The lowest BCUT2D eigenvalue weighted by Crippen LogP contribution is -2.18. The van der Waals surface area contributed by atoms with Crippen molar-refractivity contribution in [3.8, 4) is 5.75 Å². The summed E-state index contributed by atoms with van der Waals surface area (Å²) in [6.45, 7) is 1.84. The van der Waals surface area contributed by atoms with Crippen LogP contribution in [-0.2, 0) is 11.4 Å².